The van der Waals surface area contributed by atoms with E-state index in [1.54, 1.807) is 10.8 Å². The summed E-state index contributed by atoms with van der Waals surface area (Å²) in [4.78, 5) is 19.7. The number of aromatic nitrogens is 4. The summed E-state index contributed by atoms with van der Waals surface area (Å²) >= 11 is 7.07. The molecule has 0 bridgehead atoms. The number of nitrogens with zero attached hydrogens (tertiary/aromatic N) is 3. The van der Waals surface area contributed by atoms with Gasteiger partial charge in [-0.25, -0.2) is 9.50 Å². The molecule has 0 amide bonds. The van der Waals surface area contributed by atoms with E-state index in [0.717, 1.165) is 32.7 Å². The predicted molar refractivity (Wildman–Crippen MR) is 97.2 cm³/mol. The molecule has 1 N–H and O–H groups in total. The van der Waals surface area contributed by atoms with Crippen LogP contribution < -0.4 is 0 Å². The number of hydrogen-bond acceptors (Lipinski definition) is 4. The number of carbonyl (C=O) groups excluding carboxylic acids is 1. The fourth-order valence-corrected chi connectivity index (χ4v) is 4.42. The van der Waals surface area contributed by atoms with Crippen molar-refractivity contribution in [1.29, 1.82) is 0 Å². The Hall–Kier alpha value is -2.18. The summed E-state index contributed by atoms with van der Waals surface area (Å²) in [5, 5.41) is 3.84. The van der Waals surface area contributed by atoms with E-state index in [9.17, 15) is 4.79 Å². The molecule has 0 saturated heterocycles. The highest BCUT2D eigenvalue weighted by molar-refractivity contribution is 7.22. The number of pyridine rings is 1. The number of rotatable bonds is 3. The van der Waals surface area contributed by atoms with E-state index in [1.807, 2.05) is 19.2 Å². The van der Waals surface area contributed by atoms with Gasteiger partial charge in [-0.15, -0.1) is 11.3 Å². The van der Waals surface area contributed by atoms with Crippen molar-refractivity contribution < 1.29 is 4.79 Å². The van der Waals surface area contributed by atoms with Crippen LogP contribution in [-0.4, -0.2) is 24.8 Å². The average Bonchev–Trinajstić information content (AvgIpc) is 3.19. The van der Waals surface area contributed by atoms with Gasteiger partial charge in [0.05, 0.1) is 20.8 Å². The molecule has 4 heterocycles. The Morgan fingerprint density at radius 3 is 2.88 bits per heavy atom. The van der Waals surface area contributed by atoms with E-state index in [4.69, 9.17) is 11.6 Å². The predicted octanol–water partition coefficient (Wildman–Crippen LogP) is 4.75. The lowest BCUT2D eigenvalue weighted by Gasteiger charge is -2.09. The summed E-state index contributed by atoms with van der Waals surface area (Å²) in [7, 11) is 0. The molecule has 0 aliphatic carbocycles. The topological polar surface area (TPSA) is 63.0 Å². The minimum atomic E-state index is -0.416. The highest BCUT2D eigenvalue weighted by Crippen LogP contribution is 2.40. The third kappa shape index (κ3) is 2.25. The van der Waals surface area contributed by atoms with Crippen LogP contribution in [0.4, 0.5) is 0 Å². The van der Waals surface area contributed by atoms with Gasteiger partial charge in [0.1, 0.15) is 6.33 Å². The summed E-state index contributed by atoms with van der Waals surface area (Å²) in [6.45, 7) is 6.32. The highest BCUT2D eigenvalue weighted by atomic mass is 35.5. The van der Waals surface area contributed by atoms with Gasteiger partial charge in [-0.1, -0.05) is 13.8 Å². The molecule has 0 atom stereocenters. The molecule has 0 aliphatic rings. The lowest BCUT2D eigenvalue weighted by atomic mass is 9.99. The normalized spacial score (nSPS) is 11.9. The summed E-state index contributed by atoms with van der Waals surface area (Å²) in [5.74, 6) is 0.303. The zero-order valence-corrected chi connectivity index (χ0v) is 15.0. The Balaban J connectivity index is 1.99. The monoisotopic (exact) mass is 358 g/mol. The SMILES string of the molecule is Cc1cc(-c2[nH]c3cc(C(=O)Cl)sc3c2C(C)C)cn2ncnc12. The van der Waals surface area contributed by atoms with E-state index >= 15 is 0 Å². The largest absolute Gasteiger partial charge is 0.354 e. The van der Waals surface area contributed by atoms with E-state index in [1.165, 1.54) is 16.9 Å². The van der Waals surface area contributed by atoms with Crippen LogP contribution in [0.15, 0.2) is 24.7 Å². The number of aryl methyl sites for hydroxylation is 1. The van der Waals surface area contributed by atoms with Crippen LogP contribution in [0, 0.1) is 6.92 Å². The second kappa shape index (κ2) is 5.43. The fourth-order valence-electron chi connectivity index (χ4n) is 3.11. The Morgan fingerprint density at radius 1 is 1.38 bits per heavy atom. The van der Waals surface area contributed by atoms with Gasteiger partial charge >= 0.3 is 0 Å². The Kier molecular flexibility index (Phi) is 3.47. The Labute approximate surface area is 147 Å². The first-order valence-electron chi connectivity index (χ1n) is 7.61. The first-order valence-corrected chi connectivity index (χ1v) is 8.80. The van der Waals surface area contributed by atoms with Crippen LogP contribution in [0.1, 0.15) is 40.6 Å². The third-order valence-electron chi connectivity index (χ3n) is 4.12. The van der Waals surface area contributed by atoms with Crippen molar-refractivity contribution in [2.75, 3.05) is 0 Å². The molecule has 0 spiro atoms. The first kappa shape index (κ1) is 15.4. The smallest absolute Gasteiger partial charge is 0.262 e. The number of H-pyrrole nitrogens is 1. The van der Waals surface area contributed by atoms with Crippen LogP contribution in [0.2, 0.25) is 0 Å². The maximum atomic E-state index is 11.5. The van der Waals surface area contributed by atoms with Crippen molar-refractivity contribution in [2.24, 2.45) is 0 Å². The van der Waals surface area contributed by atoms with Gasteiger partial charge in [0.25, 0.3) is 5.24 Å². The lowest BCUT2D eigenvalue weighted by molar-refractivity contribution is 0.108. The number of halogens is 1. The second-order valence-corrected chi connectivity index (χ2v) is 7.53. The molecule has 4 aromatic heterocycles. The molecule has 0 saturated carbocycles. The van der Waals surface area contributed by atoms with Crippen molar-refractivity contribution in [3.63, 3.8) is 0 Å². The molecule has 0 fully saturated rings. The molecule has 0 aliphatic heterocycles. The molecule has 122 valence electrons. The van der Waals surface area contributed by atoms with Crippen LogP contribution in [0.25, 0.3) is 27.1 Å². The van der Waals surface area contributed by atoms with Gasteiger partial charge in [-0.3, -0.25) is 4.79 Å². The summed E-state index contributed by atoms with van der Waals surface area (Å²) in [5.41, 5.74) is 6.16. The molecular weight excluding hydrogens is 344 g/mol. The standard InChI is InChI=1S/C17H15ClN4OS/c1-8(2)13-14(21-11-5-12(16(18)23)24-15(11)13)10-4-9(3)17-19-7-20-22(17)6-10/h4-8,21H,1-3H3. The average molecular weight is 359 g/mol. The van der Waals surface area contributed by atoms with Gasteiger partial charge in [-0.2, -0.15) is 5.10 Å². The number of hydrogen-bond donors (Lipinski definition) is 1. The van der Waals surface area contributed by atoms with E-state index in [-0.39, 0.29) is 0 Å². The van der Waals surface area contributed by atoms with Crippen molar-refractivity contribution in [3.05, 3.63) is 40.7 Å². The van der Waals surface area contributed by atoms with Crippen LogP contribution in [0.5, 0.6) is 0 Å². The van der Waals surface area contributed by atoms with Gasteiger partial charge in [0.2, 0.25) is 0 Å². The maximum Gasteiger partial charge on any atom is 0.262 e. The summed E-state index contributed by atoms with van der Waals surface area (Å²) < 4.78 is 2.87. The lowest BCUT2D eigenvalue weighted by Crippen LogP contribution is -1.95. The van der Waals surface area contributed by atoms with Crippen LogP contribution in [-0.2, 0) is 0 Å². The highest BCUT2D eigenvalue weighted by Gasteiger charge is 2.21. The quantitative estimate of drug-likeness (QED) is 0.537. The number of aromatic amines is 1. The van der Waals surface area contributed by atoms with E-state index in [0.29, 0.717) is 10.8 Å². The van der Waals surface area contributed by atoms with Crippen molar-refractivity contribution in [3.8, 4) is 11.3 Å². The zero-order chi connectivity index (χ0) is 17.0. The molecule has 4 rings (SSSR count). The van der Waals surface area contributed by atoms with Crippen molar-refractivity contribution >= 4 is 44.0 Å². The van der Waals surface area contributed by atoms with Gasteiger partial charge in [0.15, 0.2) is 5.65 Å². The number of nitrogens with one attached hydrogen (secondary N) is 1. The number of carbonyl (C=O) groups is 1. The molecule has 0 aromatic carbocycles. The molecule has 4 aromatic rings. The van der Waals surface area contributed by atoms with Gasteiger partial charge in [-0.05, 0) is 47.7 Å². The molecule has 0 unspecified atom stereocenters. The number of thiophene rings is 1. The van der Waals surface area contributed by atoms with Gasteiger partial charge < -0.3 is 4.98 Å². The Bertz CT molecular complexity index is 1090. The maximum absolute atomic E-state index is 11.5. The minimum absolute atomic E-state index is 0.303. The van der Waals surface area contributed by atoms with Crippen molar-refractivity contribution in [1.82, 2.24) is 19.6 Å². The third-order valence-corrected chi connectivity index (χ3v) is 5.61. The van der Waals surface area contributed by atoms with E-state index in [2.05, 4.69) is 35.0 Å². The van der Waals surface area contributed by atoms with Gasteiger partial charge in [0, 0.05) is 11.8 Å². The van der Waals surface area contributed by atoms with Crippen molar-refractivity contribution in [2.45, 2.75) is 26.7 Å². The summed E-state index contributed by atoms with van der Waals surface area (Å²) in [6.07, 6.45) is 3.53. The molecule has 0 radical (unpaired) electrons. The Morgan fingerprint density at radius 2 is 2.17 bits per heavy atom. The number of fused-ring (bicyclic) bond motifs is 2. The molecule has 7 heteroatoms. The molecular formula is C17H15ClN4OS. The van der Waals surface area contributed by atoms with Crippen LogP contribution >= 0.6 is 22.9 Å². The molecule has 24 heavy (non-hydrogen) atoms. The minimum Gasteiger partial charge on any atom is -0.354 e. The zero-order valence-electron chi connectivity index (χ0n) is 13.4. The van der Waals surface area contributed by atoms with Crippen LogP contribution in [0.3, 0.4) is 0 Å². The second-order valence-electron chi connectivity index (χ2n) is 6.14. The molecule has 5 nitrogen and oxygen atoms in total. The fraction of sp³-hybridized carbons (Fsp3) is 0.235. The summed E-state index contributed by atoms with van der Waals surface area (Å²) in [6, 6.07) is 3.93. The first-order chi connectivity index (χ1) is 11.5. The van der Waals surface area contributed by atoms with E-state index < -0.39 is 5.24 Å².